The van der Waals surface area contributed by atoms with Gasteiger partial charge in [-0.05, 0) is 6.92 Å². The molecule has 0 aromatic carbocycles. The van der Waals surface area contributed by atoms with Crippen LogP contribution in [0.5, 0.6) is 0 Å². The van der Waals surface area contributed by atoms with Gasteiger partial charge in [-0.2, -0.15) is 0 Å². The van der Waals surface area contributed by atoms with E-state index in [9.17, 15) is 0 Å². The summed E-state index contributed by atoms with van der Waals surface area (Å²) in [4.78, 5) is 6.75. The van der Waals surface area contributed by atoms with E-state index in [0.717, 1.165) is 5.82 Å². The van der Waals surface area contributed by atoms with E-state index < -0.39 is 0 Å². The molecule has 1 heterocycles. The number of rotatable bonds is 1. The Hall–Kier alpha value is -0.790. The topological polar surface area (TPSA) is 28.7 Å². The number of nitrogens with one attached hydrogen (secondary N) is 1. The van der Waals surface area contributed by atoms with Crippen molar-refractivity contribution >= 4 is 0 Å². The van der Waals surface area contributed by atoms with Gasteiger partial charge in [0.1, 0.15) is 5.82 Å². The van der Waals surface area contributed by atoms with Gasteiger partial charge in [-0.3, -0.25) is 0 Å². The standard InChI is InChI=1S/C4H6N2.C4H10/c1-4-5-2-3-6-4;1-3-4-2/h2-3H,1H3,(H,5,6);3-4H2,1-2H3. The summed E-state index contributed by atoms with van der Waals surface area (Å²) in [6, 6.07) is 0. The molecule has 0 saturated carbocycles. The Morgan fingerprint density at radius 1 is 1.40 bits per heavy atom. The van der Waals surface area contributed by atoms with Gasteiger partial charge in [-0.25, -0.2) is 4.98 Å². The van der Waals surface area contributed by atoms with Crippen LogP contribution in [-0.2, 0) is 0 Å². The van der Waals surface area contributed by atoms with Gasteiger partial charge in [0.15, 0.2) is 0 Å². The molecule has 1 N–H and O–H groups in total. The maximum Gasteiger partial charge on any atom is 0.102 e. The van der Waals surface area contributed by atoms with Crippen LogP contribution in [0.1, 0.15) is 32.5 Å². The normalized spacial score (nSPS) is 8.30. The zero-order valence-corrected chi connectivity index (χ0v) is 7.02. The number of H-pyrrole nitrogens is 1. The third-order valence-electron chi connectivity index (χ3n) is 1.13. The lowest BCUT2D eigenvalue weighted by Gasteiger charge is -1.68. The minimum atomic E-state index is 0.968. The SMILES string of the molecule is CCCC.Cc1ncc[nH]1. The highest BCUT2D eigenvalue weighted by Crippen LogP contribution is 1.78. The number of unbranched alkanes of at least 4 members (excludes halogenated alkanes) is 1. The molecule has 0 aliphatic rings. The maximum atomic E-state index is 3.86. The Morgan fingerprint density at radius 2 is 2.00 bits per heavy atom. The molecule has 0 radical (unpaired) electrons. The highest BCUT2D eigenvalue weighted by atomic mass is 14.9. The van der Waals surface area contributed by atoms with Crippen molar-refractivity contribution < 1.29 is 0 Å². The molecule has 0 unspecified atom stereocenters. The van der Waals surface area contributed by atoms with Crippen molar-refractivity contribution in [1.82, 2.24) is 9.97 Å². The third kappa shape index (κ3) is 5.35. The van der Waals surface area contributed by atoms with E-state index in [1.54, 1.807) is 12.4 Å². The van der Waals surface area contributed by atoms with E-state index in [1.807, 2.05) is 6.92 Å². The molecule has 0 saturated heterocycles. The molecule has 1 aromatic rings. The smallest absolute Gasteiger partial charge is 0.102 e. The molecule has 10 heavy (non-hydrogen) atoms. The Labute approximate surface area is 62.7 Å². The Morgan fingerprint density at radius 3 is 2.10 bits per heavy atom. The molecule has 58 valence electrons. The van der Waals surface area contributed by atoms with Crippen LogP contribution in [0.3, 0.4) is 0 Å². The Bertz CT molecular complexity index is 131. The summed E-state index contributed by atoms with van der Waals surface area (Å²) in [6.07, 6.45) is 6.17. The van der Waals surface area contributed by atoms with Crippen molar-refractivity contribution in [3.8, 4) is 0 Å². The van der Waals surface area contributed by atoms with Crippen LogP contribution < -0.4 is 0 Å². The molecule has 0 bridgehead atoms. The number of aromatic nitrogens is 2. The van der Waals surface area contributed by atoms with Crippen LogP contribution in [0.15, 0.2) is 12.4 Å². The lowest BCUT2D eigenvalue weighted by molar-refractivity contribution is 0.886. The fraction of sp³-hybridized carbons (Fsp3) is 0.625. The van der Waals surface area contributed by atoms with Gasteiger partial charge in [0.25, 0.3) is 0 Å². The van der Waals surface area contributed by atoms with Crippen LogP contribution in [0.25, 0.3) is 0 Å². The van der Waals surface area contributed by atoms with E-state index in [1.165, 1.54) is 12.8 Å². The zero-order chi connectivity index (χ0) is 7.82. The number of nitrogens with zero attached hydrogens (tertiary/aromatic N) is 1. The molecule has 0 aliphatic heterocycles. The largest absolute Gasteiger partial charge is 0.349 e. The van der Waals surface area contributed by atoms with Crippen LogP contribution in [0, 0.1) is 6.92 Å². The second kappa shape index (κ2) is 6.33. The van der Waals surface area contributed by atoms with E-state index in [2.05, 4.69) is 23.8 Å². The third-order valence-corrected chi connectivity index (χ3v) is 1.13. The lowest BCUT2D eigenvalue weighted by Crippen LogP contribution is -1.66. The molecule has 1 rings (SSSR count). The highest BCUT2D eigenvalue weighted by Gasteiger charge is 1.73. The molecule has 0 aliphatic carbocycles. The summed E-state index contributed by atoms with van der Waals surface area (Å²) in [7, 11) is 0. The van der Waals surface area contributed by atoms with Gasteiger partial charge < -0.3 is 4.98 Å². The number of hydrogen-bond acceptors (Lipinski definition) is 1. The van der Waals surface area contributed by atoms with Crippen LogP contribution in [0.2, 0.25) is 0 Å². The van der Waals surface area contributed by atoms with Crippen molar-refractivity contribution in [1.29, 1.82) is 0 Å². The molecule has 0 fully saturated rings. The zero-order valence-electron chi connectivity index (χ0n) is 7.02. The van der Waals surface area contributed by atoms with E-state index in [-0.39, 0.29) is 0 Å². The van der Waals surface area contributed by atoms with E-state index in [0.29, 0.717) is 0 Å². The van der Waals surface area contributed by atoms with Crippen molar-refractivity contribution in [3.05, 3.63) is 18.2 Å². The first-order chi connectivity index (χ1) is 4.81. The van der Waals surface area contributed by atoms with E-state index in [4.69, 9.17) is 0 Å². The number of imidazole rings is 1. The predicted octanol–water partition coefficient (Wildman–Crippen LogP) is 2.52. The van der Waals surface area contributed by atoms with Crippen molar-refractivity contribution in [2.24, 2.45) is 0 Å². The summed E-state index contributed by atoms with van der Waals surface area (Å²) in [5.41, 5.74) is 0. The van der Waals surface area contributed by atoms with Gasteiger partial charge in [-0.15, -0.1) is 0 Å². The maximum absolute atomic E-state index is 3.86. The minimum absolute atomic E-state index is 0.968. The number of aryl methyl sites for hydroxylation is 1. The minimum Gasteiger partial charge on any atom is -0.349 e. The quantitative estimate of drug-likeness (QED) is 0.638. The van der Waals surface area contributed by atoms with Crippen molar-refractivity contribution in [3.63, 3.8) is 0 Å². The average molecular weight is 140 g/mol. The van der Waals surface area contributed by atoms with Crippen LogP contribution >= 0.6 is 0 Å². The highest BCUT2D eigenvalue weighted by molar-refractivity contribution is 4.80. The van der Waals surface area contributed by atoms with Gasteiger partial charge in [-0.1, -0.05) is 26.7 Å². The predicted molar refractivity (Wildman–Crippen MR) is 43.9 cm³/mol. The summed E-state index contributed by atoms with van der Waals surface area (Å²) in [5.74, 6) is 0.968. The molecule has 0 amide bonds. The molecule has 0 atom stereocenters. The van der Waals surface area contributed by atoms with E-state index >= 15 is 0 Å². The average Bonchev–Trinajstić information content (AvgIpc) is 2.40. The van der Waals surface area contributed by atoms with Crippen molar-refractivity contribution in [2.75, 3.05) is 0 Å². The lowest BCUT2D eigenvalue weighted by atomic mass is 10.4. The number of hydrogen-bond donors (Lipinski definition) is 1. The monoisotopic (exact) mass is 140 g/mol. The number of aromatic amines is 1. The second-order valence-electron chi connectivity index (χ2n) is 2.17. The molecule has 2 nitrogen and oxygen atoms in total. The van der Waals surface area contributed by atoms with Crippen molar-refractivity contribution in [2.45, 2.75) is 33.6 Å². The van der Waals surface area contributed by atoms with Gasteiger partial charge in [0.05, 0.1) is 0 Å². The molecular weight excluding hydrogens is 124 g/mol. The van der Waals surface area contributed by atoms with Gasteiger partial charge in [0.2, 0.25) is 0 Å². The van der Waals surface area contributed by atoms with Crippen LogP contribution in [0.4, 0.5) is 0 Å². The summed E-state index contributed by atoms with van der Waals surface area (Å²) in [6.45, 7) is 6.28. The van der Waals surface area contributed by atoms with Gasteiger partial charge in [0, 0.05) is 12.4 Å². The summed E-state index contributed by atoms with van der Waals surface area (Å²) < 4.78 is 0. The Kier molecular flexibility index (Phi) is 5.83. The molecule has 2 heteroatoms. The van der Waals surface area contributed by atoms with Gasteiger partial charge >= 0.3 is 0 Å². The summed E-state index contributed by atoms with van der Waals surface area (Å²) in [5, 5.41) is 0. The first-order valence-corrected chi connectivity index (χ1v) is 3.77. The van der Waals surface area contributed by atoms with Crippen LogP contribution in [-0.4, -0.2) is 9.97 Å². The first kappa shape index (κ1) is 9.21. The summed E-state index contributed by atoms with van der Waals surface area (Å²) >= 11 is 0. The first-order valence-electron chi connectivity index (χ1n) is 3.77. The second-order valence-corrected chi connectivity index (χ2v) is 2.17. The Balaban J connectivity index is 0.000000180. The fourth-order valence-electron chi connectivity index (χ4n) is 0.344. The molecule has 1 aromatic heterocycles. The fourth-order valence-corrected chi connectivity index (χ4v) is 0.344. The molecule has 0 spiro atoms. The molecular formula is C8H16N2.